The molecule has 0 radical (unpaired) electrons. The number of fused-ring (bicyclic) bond motifs is 1. The van der Waals surface area contributed by atoms with Crippen LogP contribution in [-0.2, 0) is 6.54 Å². The van der Waals surface area contributed by atoms with Crippen LogP contribution in [-0.4, -0.2) is 16.0 Å². The van der Waals surface area contributed by atoms with E-state index in [1.807, 2.05) is 30.3 Å². The minimum Gasteiger partial charge on any atom is -0.507 e. The van der Waals surface area contributed by atoms with Crippen LogP contribution in [0.25, 0.3) is 10.9 Å². The number of aldehydes is 1. The van der Waals surface area contributed by atoms with Crippen LogP contribution < -0.4 is 5.43 Å². The number of hydrogen-bond donors (Lipinski definition) is 1. The van der Waals surface area contributed by atoms with Gasteiger partial charge in [-0.2, -0.15) is 0 Å². The highest BCUT2D eigenvalue weighted by atomic mass is 16.3. The molecule has 0 saturated carbocycles. The first-order valence-electron chi connectivity index (χ1n) is 6.55. The summed E-state index contributed by atoms with van der Waals surface area (Å²) in [6.07, 6.45) is 2.06. The second-order valence-corrected chi connectivity index (χ2v) is 4.82. The molecule has 3 rings (SSSR count). The first-order valence-corrected chi connectivity index (χ1v) is 6.55. The average molecular weight is 279 g/mol. The minimum absolute atomic E-state index is 0.0416. The third kappa shape index (κ3) is 2.31. The van der Waals surface area contributed by atoms with Crippen LogP contribution in [0.5, 0.6) is 5.75 Å². The first kappa shape index (κ1) is 13.1. The fourth-order valence-corrected chi connectivity index (χ4v) is 2.44. The molecule has 2 aromatic carbocycles. The molecule has 21 heavy (non-hydrogen) atoms. The highest BCUT2D eigenvalue weighted by molar-refractivity contribution is 5.90. The van der Waals surface area contributed by atoms with Crippen LogP contribution in [0.1, 0.15) is 15.9 Å². The van der Waals surface area contributed by atoms with E-state index in [2.05, 4.69) is 0 Å². The zero-order valence-electron chi connectivity index (χ0n) is 11.2. The lowest BCUT2D eigenvalue weighted by Crippen LogP contribution is -2.15. The molecule has 1 aromatic heterocycles. The Balaban J connectivity index is 2.27. The van der Waals surface area contributed by atoms with Gasteiger partial charge in [0.2, 0.25) is 5.43 Å². The van der Waals surface area contributed by atoms with Gasteiger partial charge in [0.15, 0.2) is 6.29 Å². The van der Waals surface area contributed by atoms with Crippen molar-refractivity contribution in [3.05, 3.63) is 76.1 Å². The Morgan fingerprint density at radius 3 is 2.52 bits per heavy atom. The Morgan fingerprint density at radius 1 is 1.05 bits per heavy atom. The van der Waals surface area contributed by atoms with Gasteiger partial charge in [-0.1, -0.05) is 36.4 Å². The van der Waals surface area contributed by atoms with E-state index in [4.69, 9.17) is 0 Å². The van der Waals surface area contributed by atoms with E-state index >= 15 is 0 Å². The van der Waals surface area contributed by atoms with Crippen molar-refractivity contribution in [3.63, 3.8) is 0 Å². The summed E-state index contributed by atoms with van der Waals surface area (Å²) >= 11 is 0. The molecule has 4 heteroatoms. The number of aromatic hydroxyl groups is 1. The molecule has 0 aliphatic heterocycles. The molecule has 0 bridgehead atoms. The molecule has 0 atom stereocenters. The summed E-state index contributed by atoms with van der Waals surface area (Å²) in [5.41, 5.74) is 1.25. The largest absolute Gasteiger partial charge is 0.507 e. The van der Waals surface area contributed by atoms with E-state index in [0.29, 0.717) is 18.3 Å². The molecule has 0 aliphatic carbocycles. The maximum atomic E-state index is 12.2. The summed E-state index contributed by atoms with van der Waals surface area (Å²) < 4.78 is 1.80. The topological polar surface area (TPSA) is 59.3 Å². The van der Waals surface area contributed by atoms with E-state index in [1.54, 1.807) is 16.7 Å². The van der Waals surface area contributed by atoms with Gasteiger partial charge in [0.1, 0.15) is 5.75 Å². The van der Waals surface area contributed by atoms with E-state index in [1.165, 1.54) is 12.3 Å². The Kier molecular flexibility index (Phi) is 3.28. The number of phenolic OH excluding ortho intramolecular Hbond substituents is 1. The normalized spacial score (nSPS) is 10.7. The molecule has 1 heterocycles. The number of hydrogen-bond acceptors (Lipinski definition) is 3. The first-order chi connectivity index (χ1) is 10.2. The van der Waals surface area contributed by atoms with Gasteiger partial charge in [-0.15, -0.1) is 0 Å². The molecular weight excluding hydrogens is 266 g/mol. The third-order valence-electron chi connectivity index (χ3n) is 3.44. The standard InChI is InChI=1S/C17H13NO3/c19-11-13-10-18(9-12-5-2-1-3-6-12)14-7-4-8-15(20)16(14)17(13)21/h1-8,10-11,20H,9H2. The lowest BCUT2D eigenvalue weighted by molar-refractivity contribution is 0.112. The number of nitrogens with zero attached hydrogens (tertiary/aromatic N) is 1. The van der Waals surface area contributed by atoms with E-state index < -0.39 is 5.43 Å². The molecule has 0 fully saturated rings. The molecule has 0 saturated heterocycles. The molecule has 3 aromatic rings. The second kappa shape index (κ2) is 5.25. The van der Waals surface area contributed by atoms with Crippen LogP contribution in [0.2, 0.25) is 0 Å². The zero-order valence-corrected chi connectivity index (χ0v) is 11.2. The van der Waals surface area contributed by atoms with Crippen molar-refractivity contribution in [2.45, 2.75) is 6.54 Å². The maximum Gasteiger partial charge on any atom is 0.203 e. The molecule has 0 aliphatic rings. The third-order valence-corrected chi connectivity index (χ3v) is 3.44. The van der Waals surface area contributed by atoms with Gasteiger partial charge in [-0.05, 0) is 17.7 Å². The van der Waals surface area contributed by atoms with Crippen molar-refractivity contribution in [1.82, 2.24) is 4.57 Å². The number of phenols is 1. The Hall–Kier alpha value is -2.88. The summed E-state index contributed by atoms with van der Waals surface area (Å²) in [5, 5.41) is 10.1. The fourth-order valence-electron chi connectivity index (χ4n) is 2.44. The molecule has 0 spiro atoms. The number of rotatable bonds is 3. The van der Waals surface area contributed by atoms with Crippen molar-refractivity contribution in [2.75, 3.05) is 0 Å². The van der Waals surface area contributed by atoms with Crippen LogP contribution in [0.15, 0.2) is 59.5 Å². The molecule has 0 amide bonds. The predicted molar refractivity (Wildman–Crippen MR) is 80.8 cm³/mol. The Labute approximate surface area is 120 Å². The molecule has 1 N–H and O–H groups in total. The van der Waals surface area contributed by atoms with Crippen LogP contribution in [0.3, 0.4) is 0 Å². The number of aromatic nitrogens is 1. The van der Waals surface area contributed by atoms with Gasteiger partial charge in [0.25, 0.3) is 0 Å². The Bertz CT molecular complexity index is 866. The monoisotopic (exact) mass is 279 g/mol. The lowest BCUT2D eigenvalue weighted by Gasteiger charge is -2.12. The smallest absolute Gasteiger partial charge is 0.203 e. The van der Waals surface area contributed by atoms with Crippen molar-refractivity contribution in [1.29, 1.82) is 0 Å². The van der Waals surface area contributed by atoms with Crippen LogP contribution in [0.4, 0.5) is 0 Å². The highest BCUT2D eigenvalue weighted by Gasteiger charge is 2.12. The van der Waals surface area contributed by atoms with Gasteiger partial charge < -0.3 is 9.67 Å². The molecule has 104 valence electrons. The second-order valence-electron chi connectivity index (χ2n) is 4.82. The maximum absolute atomic E-state index is 12.2. The minimum atomic E-state index is -0.442. The summed E-state index contributed by atoms with van der Waals surface area (Å²) in [4.78, 5) is 23.3. The molecule has 4 nitrogen and oxygen atoms in total. The van der Waals surface area contributed by atoms with Crippen molar-refractivity contribution in [3.8, 4) is 5.75 Å². The number of benzene rings is 2. The summed E-state index contributed by atoms with van der Waals surface area (Å²) in [6.45, 7) is 0.516. The van der Waals surface area contributed by atoms with E-state index in [-0.39, 0.29) is 16.7 Å². The molecular formula is C17H13NO3. The molecule has 0 unspecified atom stereocenters. The van der Waals surface area contributed by atoms with Gasteiger partial charge in [-0.3, -0.25) is 9.59 Å². The number of carbonyl (C=O) groups is 1. The van der Waals surface area contributed by atoms with Gasteiger partial charge >= 0.3 is 0 Å². The average Bonchev–Trinajstić information content (AvgIpc) is 2.51. The summed E-state index contributed by atoms with van der Waals surface area (Å²) in [5.74, 6) is -0.108. The number of carbonyl (C=O) groups excluding carboxylic acids is 1. The SMILES string of the molecule is O=Cc1cn(Cc2ccccc2)c2cccc(O)c2c1=O. The summed E-state index contributed by atoms with van der Waals surface area (Å²) in [7, 11) is 0. The van der Waals surface area contributed by atoms with E-state index in [9.17, 15) is 14.7 Å². The summed E-state index contributed by atoms with van der Waals surface area (Å²) in [6, 6.07) is 14.6. The Morgan fingerprint density at radius 2 is 1.81 bits per heavy atom. The van der Waals surface area contributed by atoms with Crippen molar-refractivity contribution in [2.24, 2.45) is 0 Å². The van der Waals surface area contributed by atoms with Gasteiger partial charge in [0, 0.05) is 12.7 Å². The van der Waals surface area contributed by atoms with Crippen molar-refractivity contribution >= 4 is 17.2 Å². The quantitative estimate of drug-likeness (QED) is 0.750. The van der Waals surface area contributed by atoms with Crippen LogP contribution in [0, 0.1) is 0 Å². The zero-order chi connectivity index (χ0) is 14.8. The van der Waals surface area contributed by atoms with Crippen LogP contribution >= 0.6 is 0 Å². The van der Waals surface area contributed by atoms with Crippen molar-refractivity contribution < 1.29 is 9.90 Å². The fraction of sp³-hybridized carbons (Fsp3) is 0.0588. The lowest BCUT2D eigenvalue weighted by atomic mass is 10.1. The van der Waals surface area contributed by atoms with Gasteiger partial charge in [0.05, 0.1) is 16.5 Å². The number of pyridine rings is 1. The van der Waals surface area contributed by atoms with E-state index in [0.717, 1.165) is 5.56 Å². The predicted octanol–water partition coefficient (Wildman–Crippen LogP) is 2.57. The highest BCUT2D eigenvalue weighted by Crippen LogP contribution is 2.22. The van der Waals surface area contributed by atoms with Gasteiger partial charge in [-0.25, -0.2) is 0 Å².